The molecule has 16 heavy (non-hydrogen) atoms. The topological polar surface area (TPSA) is 21.6 Å². The Morgan fingerprint density at radius 3 is 2.69 bits per heavy atom. The normalized spacial score (nSPS) is 13.3. The summed E-state index contributed by atoms with van der Waals surface area (Å²) in [5.41, 5.74) is 0.361. The summed E-state index contributed by atoms with van der Waals surface area (Å²) in [6.45, 7) is 3.84. The fraction of sp³-hybridized carbons (Fsp3) is 0.417. The predicted octanol–water partition coefficient (Wildman–Crippen LogP) is 3.77. The highest BCUT2D eigenvalue weighted by atomic mass is 19.3. The molecule has 0 saturated heterocycles. The number of nitrogens with zero attached hydrogens (tertiary/aromatic N) is 1. The van der Waals surface area contributed by atoms with Gasteiger partial charge in [0.05, 0.1) is 6.21 Å². The van der Waals surface area contributed by atoms with Crippen LogP contribution in [0.4, 0.5) is 8.78 Å². The van der Waals surface area contributed by atoms with Gasteiger partial charge in [0, 0.05) is 11.1 Å². The van der Waals surface area contributed by atoms with Crippen LogP contribution in [-0.4, -0.2) is 12.3 Å². The maximum Gasteiger partial charge on any atom is 0.264 e. The summed E-state index contributed by atoms with van der Waals surface area (Å²) in [5, 5.41) is 3.70. The molecule has 1 rings (SSSR count). The monoisotopic (exact) mass is 227 g/mol. The van der Waals surface area contributed by atoms with Gasteiger partial charge in [-0.1, -0.05) is 36.3 Å². The van der Waals surface area contributed by atoms with Gasteiger partial charge in [0.2, 0.25) is 0 Å². The second-order valence-electron chi connectivity index (χ2n) is 3.49. The quantitative estimate of drug-likeness (QED) is 0.554. The van der Waals surface area contributed by atoms with Crippen molar-refractivity contribution in [2.24, 2.45) is 5.16 Å². The van der Waals surface area contributed by atoms with Gasteiger partial charge in [-0.05, 0) is 13.3 Å². The minimum absolute atomic E-state index is 0.00466. The van der Waals surface area contributed by atoms with Crippen LogP contribution in [0.3, 0.4) is 0 Å². The largest absolute Gasteiger partial charge is 0.393 e. The first-order valence-electron chi connectivity index (χ1n) is 5.21. The van der Waals surface area contributed by atoms with Crippen LogP contribution in [0.5, 0.6) is 0 Å². The summed E-state index contributed by atoms with van der Waals surface area (Å²) in [4.78, 5) is 5.05. The second kappa shape index (κ2) is 6.20. The van der Waals surface area contributed by atoms with E-state index in [1.807, 2.05) is 13.8 Å². The molecule has 1 aromatic rings. The summed E-state index contributed by atoms with van der Waals surface area (Å²) < 4.78 is 25.2. The highest BCUT2D eigenvalue weighted by molar-refractivity contribution is 5.81. The van der Waals surface area contributed by atoms with Crippen LogP contribution in [0.2, 0.25) is 0 Å². The van der Waals surface area contributed by atoms with Gasteiger partial charge >= 0.3 is 0 Å². The molecule has 0 fully saturated rings. The maximum absolute atomic E-state index is 12.6. The van der Waals surface area contributed by atoms with Crippen LogP contribution >= 0.6 is 0 Å². The first-order valence-corrected chi connectivity index (χ1v) is 5.21. The highest BCUT2D eigenvalue weighted by Crippen LogP contribution is 2.21. The van der Waals surface area contributed by atoms with Crippen LogP contribution < -0.4 is 0 Å². The maximum atomic E-state index is 12.6. The number of hydrogen-bond acceptors (Lipinski definition) is 2. The molecule has 2 nitrogen and oxygen atoms in total. The van der Waals surface area contributed by atoms with Gasteiger partial charge in [-0.3, -0.25) is 0 Å². The third kappa shape index (κ3) is 3.61. The molecule has 0 radical (unpaired) electrons. The van der Waals surface area contributed by atoms with Crippen molar-refractivity contribution in [2.75, 3.05) is 0 Å². The summed E-state index contributed by atoms with van der Waals surface area (Å²) in [5.74, 6) is 0. The van der Waals surface area contributed by atoms with Crippen molar-refractivity contribution < 1.29 is 13.6 Å². The van der Waals surface area contributed by atoms with Crippen LogP contribution in [0.25, 0.3) is 0 Å². The molecular weight excluding hydrogens is 212 g/mol. The van der Waals surface area contributed by atoms with E-state index in [1.165, 1.54) is 12.3 Å². The van der Waals surface area contributed by atoms with E-state index in [4.69, 9.17) is 4.84 Å². The molecule has 0 N–H and O–H groups in total. The number of benzene rings is 1. The molecule has 1 unspecified atom stereocenters. The molecule has 0 aliphatic rings. The number of halogens is 2. The number of oxime groups is 1. The Morgan fingerprint density at radius 2 is 2.06 bits per heavy atom. The molecule has 0 saturated carbocycles. The summed E-state index contributed by atoms with van der Waals surface area (Å²) in [6.07, 6.45) is -0.345. The molecular formula is C12H15F2NO. The zero-order chi connectivity index (χ0) is 12.0. The number of rotatable bonds is 5. The Hall–Kier alpha value is -1.45. The standard InChI is InChI=1S/C12H15F2NO/c1-3-9(2)16-15-8-10-6-4-5-7-11(10)12(13)14/h4-9,12H,3H2,1-2H3. The van der Waals surface area contributed by atoms with Crippen molar-refractivity contribution in [1.29, 1.82) is 0 Å². The molecule has 0 heterocycles. The van der Waals surface area contributed by atoms with Crippen molar-refractivity contribution in [2.45, 2.75) is 32.8 Å². The molecule has 4 heteroatoms. The van der Waals surface area contributed by atoms with E-state index < -0.39 is 6.43 Å². The van der Waals surface area contributed by atoms with E-state index in [1.54, 1.807) is 18.2 Å². The van der Waals surface area contributed by atoms with Gasteiger partial charge in [0.15, 0.2) is 0 Å². The van der Waals surface area contributed by atoms with E-state index in [0.717, 1.165) is 6.42 Å². The lowest BCUT2D eigenvalue weighted by atomic mass is 10.1. The van der Waals surface area contributed by atoms with E-state index in [-0.39, 0.29) is 11.7 Å². The fourth-order valence-electron chi connectivity index (χ4n) is 1.09. The Balaban J connectivity index is 2.73. The first-order chi connectivity index (χ1) is 7.65. The van der Waals surface area contributed by atoms with E-state index in [0.29, 0.717) is 5.56 Å². The van der Waals surface area contributed by atoms with Gasteiger partial charge in [0.25, 0.3) is 6.43 Å². The van der Waals surface area contributed by atoms with Crippen LogP contribution in [0.15, 0.2) is 29.4 Å². The zero-order valence-electron chi connectivity index (χ0n) is 9.36. The Labute approximate surface area is 93.9 Å². The third-order valence-electron chi connectivity index (χ3n) is 2.24. The molecule has 0 amide bonds. The van der Waals surface area contributed by atoms with Crippen molar-refractivity contribution in [1.82, 2.24) is 0 Å². The van der Waals surface area contributed by atoms with Crippen molar-refractivity contribution in [3.05, 3.63) is 35.4 Å². The molecule has 1 atom stereocenters. The second-order valence-corrected chi connectivity index (χ2v) is 3.49. The fourth-order valence-corrected chi connectivity index (χ4v) is 1.09. The lowest BCUT2D eigenvalue weighted by Gasteiger charge is -2.06. The van der Waals surface area contributed by atoms with Crippen LogP contribution in [-0.2, 0) is 4.84 Å². The van der Waals surface area contributed by atoms with Crippen molar-refractivity contribution in [3.63, 3.8) is 0 Å². The lowest BCUT2D eigenvalue weighted by Crippen LogP contribution is -2.01. The van der Waals surface area contributed by atoms with E-state index in [2.05, 4.69) is 5.16 Å². The number of hydrogen-bond donors (Lipinski definition) is 0. The predicted molar refractivity (Wildman–Crippen MR) is 59.8 cm³/mol. The Bertz CT molecular complexity index is 353. The minimum atomic E-state index is -2.49. The summed E-state index contributed by atoms with van der Waals surface area (Å²) in [7, 11) is 0. The number of alkyl halides is 2. The SMILES string of the molecule is CCC(C)ON=Cc1ccccc1C(F)F. The Kier molecular flexibility index (Phi) is 4.89. The minimum Gasteiger partial charge on any atom is -0.393 e. The summed E-state index contributed by atoms with van der Waals surface area (Å²) >= 11 is 0. The smallest absolute Gasteiger partial charge is 0.264 e. The molecule has 0 aliphatic heterocycles. The third-order valence-corrected chi connectivity index (χ3v) is 2.24. The molecule has 0 bridgehead atoms. The average molecular weight is 227 g/mol. The van der Waals surface area contributed by atoms with Gasteiger partial charge in [0.1, 0.15) is 6.10 Å². The van der Waals surface area contributed by atoms with Gasteiger partial charge in [-0.15, -0.1) is 0 Å². The van der Waals surface area contributed by atoms with Gasteiger partial charge < -0.3 is 4.84 Å². The zero-order valence-corrected chi connectivity index (χ0v) is 9.36. The average Bonchev–Trinajstić information content (AvgIpc) is 2.29. The lowest BCUT2D eigenvalue weighted by molar-refractivity contribution is 0.0712. The Morgan fingerprint density at radius 1 is 1.38 bits per heavy atom. The van der Waals surface area contributed by atoms with Crippen molar-refractivity contribution >= 4 is 6.21 Å². The molecule has 0 aromatic heterocycles. The van der Waals surface area contributed by atoms with Crippen LogP contribution in [0, 0.1) is 0 Å². The summed E-state index contributed by atoms with van der Waals surface area (Å²) in [6, 6.07) is 6.24. The molecule has 0 spiro atoms. The van der Waals surface area contributed by atoms with E-state index >= 15 is 0 Å². The first kappa shape index (κ1) is 12.6. The molecule has 0 aliphatic carbocycles. The van der Waals surface area contributed by atoms with Gasteiger partial charge in [-0.2, -0.15) is 0 Å². The van der Waals surface area contributed by atoms with E-state index in [9.17, 15) is 8.78 Å². The molecule has 1 aromatic carbocycles. The van der Waals surface area contributed by atoms with Gasteiger partial charge in [-0.25, -0.2) is 8.78 Å². The molecule has 88 valence electrons. The highest BCUT2D eigenvalue weighted by Gasteiger charge is 2.10. The van der Waals surface area contributed by atoms with Crippen molar-refractivity contribution in [3.8, 4) is 0 Å². The van der Waals surface area contributed by atoms with Crippen LogP contribution in [0.1, 0.15) is 37.8 Å².